The van der Waals surface area contributed by atoms with Gasteiger partial charge in [0.1, 0.15) is 5.82 Å². The number of amides is 2. The van der Waals surface area contributed by atoms with E-state index in [2.05, 4.69) is 5.32 Å². The first-order valence-electron chi connectivity index (χ1n) is 5.38. The lowest BCUT2D eigenvalue weighted by Crippen LogP contribution is -2.32. The Morgan fingerprint density at radius 3 is 2.79 bits per heavy atom. The molecule has 0 spiro atoms. The molecule has 0 aliphatic carbocycles. The highest BCUT2D eigenvalue weighted by molar-refractivity contribution is 6.00. The molecule has 1 rings (SSSR count). The standard InChI is InChI=1S/C12H12FN3O3/c1-16(7-3-6-14)12(19)15-10-8(11(17)18)4-2-5-9(10)13/h2,4-5H,3,7H2,1H3,(H,15,19)(H,17,18). The second-order valence-corrected chi connectivity index (χ2v) is 3.73. The number of carboxylic acid groups (broad SMARTS) is 1. The zero-order valence-electron chi connectivity index (χ0n) is 10.2. The minimum Gasteiger partial charge on any atom is -0.478 e. The predicted octanol–water partition coefficient (Wildman–Crippen LogP) is 1.90. The molecule has 2 N–H and O–H groups in total. The Bertz CT molecular complexity index is 540. The molecule has 0 saturated heterocycles. The third-order valence-corrected chi connectivity index (χ3v) is 2.38. The molecular weight excluding hydrogens is 253 g/mol. The number of nitrogens with one attached hydrogen (secondary N) is 1. The van der Waals surface area contributed by atoms with Gasteiger partial charge in [0.25, 0.3) is 0 Å². The van der Waals surface area contributed by atoms with Crippen LogP contribution in [-0.2, 0) is 0 Å². The highest BCUT2D eigenvalue weighted by Crippen LogP contribution is 2.20. The third-order valence-electron chi connectivity index (χ3n) is 2.38. The van der Waals surface area contributed by atoms with Crippen molar-refractivity contribution in [1.29, 1.82) is 5.26 Å². The smallest absolute Gasteiger partial charge is 0.337 e. The van der Waals surface area contributed by atoms with E-state index in [1.807, 2.05) is 6.07 Å². The number of para-hydroxylation sites is 1. The van der Waals surface area contributed by atoms with Gasteiger partial charge in [-0.15, -0.1) is 0 Å². The molecule has 0 aromatic heterocycles. The molecule has 0 aliphatic heterocycles. The summed E-state index contributed by atoms with van der Waals surface area (Å²) in [5.41, 5.74) is -0.717. The summed E-state index contributed by atoms with van der Waals surface area (Å²) in [6, 6.07) is 4.68. The molecule has 0 heterocycles. The molecular formula is C12H12FN3O3. The predicted molar refractivity (Wildman–Crippen MR) is 65.2 cm³/mol. The van der Waals surface area contributed by atoms with Crippen LogP contribution in [0.3, 0.4) is 0 Å². The Balaban J connectivity index is 2.91. The highest BCUT2D eigenvalue weighted by Gasteiger charge is 2.18. The summed E-state index contributed by atoms with van der Waals surface area (Å²) in [7, 11) is 1.42. The number of urea groups is 1. The van der Waals surface area contributed by atoms with Crippen molar-refractivity contribution in [3.05, 3.63) is 29.6 Å². The number of carbonyl (C=O) groups excluding carboxylic acids is 1. The van der Waals surface area contributed by atoms with Crippen LogP contribution in [0.15, 0.2) is 18.2 Å². The number of carbonyl (C=O) groups is 2. The summed E-state index contributed by atoms with van der Waals surface area (Å²) in [5, 5.41) is 19.5. The van der Waals surface area contributed by atoms with Gasteiger partial charge in [0.2, 0.25) is 0 Å². The van der Waals surface area contributed by atoms with E-state index < -0.39 is 17.8 Å². The number of benzene rings is 1. The Morgan fingerprint density at radius 1 is 1.53 bits per heavy atom. The van der Waals surface area contributed by atoms with Crippen LogP contribution in [-0.4, -0.2) is 35.6 Å². The summed E-state index contributed by atoms with van der Waals surface area (Å²) in [6.07, 6.45) is 0.132. The second kappa shape index (κ2) is 6.35. The molecule has 0 aliphatic rings. The van der Waals surface area contributed by atoms with Crippen molar-refractivity contribution in [1.82, 2.24) is 4.90 Å². The van der Waals surface area contributed by atoms with Gasteiger partial charge in [0, 0.05) is 13.6 Å². The van der Waals surface area contributed by atoms with Crippen LogP contribution < -0.4 is 5.32 Å². The van der Waals surface area contributed by atoms with Crippen molar-refractivity contribution in [2.75, 3.05) is 18.9 Å². The number of hydrogen-bond acceptors (Lipinski definition) is 3. The van der Waals surface area contributed by atoms with E-state index in [0.717, 1.165) is 6.07 Å². The largest absolute Gasteiger partial charge is 0.478 e. The van der Waals surface area contributed by atoms with E-state index in [-0.39, 0.29) is 24.2 Å². The Hall–Kier alpha value is -2.62. The lowest BCUT2D eigenvalue weighted by Gasteiger charge is -2.17. The fourth-order valence-electron chi connectivity index (χ4n) is 1.35. The average Bonchev–Trinajstić information content (AvgIpc) is 2.37. The summed E-state index contributed by atoms with van der Waals surface area (Å²) >= 11 is 0. The number of hydrogen-bond donors (Lipinski definition) is 2. The van der Waals surface area contributed by atoms with Gasteiger partial charge in [-0.1, -0.05) is 6.07 Å². The Labute approximate surface area is 109 Å². The topological polar surface area (TPSA) is 93.4 Å². The minimum atomic E-state index is -1.34. The van der Waals surface area contributed by atoms with Gasteiger partial charge in [-0.25, -0.2) is 14.0 Å². The van der Waals surface area contributed by atoms with Crippen LogP contribution in [0.4, 0.5) is 14.9 Å². The minimum absolute atomic E-state index is 0.132. The maximum Gasteiger partial charge on any atom is 0.337 e. The molecule has 7 heteroatoms. The van der Waals surface area contributed by atoms with Crippen LogP contribution in [0.5, 0.6) is 0 Å². The van der Waals surface area contributed by atoms with Gasteiger partial charge in [0.05, 0.1) is 23.7 Å². The summed E-state index contributed by atoms with van der Waals surface area (Å²) in [6.45, 7) is 0.166. The van der Waals surface area contributed by atoms with Crippen LogP contribution >= 0.6 is 0 Å². The van der Waals surface area contributed by atoms with Gasteiger partial charge in [0.15, 0.2) is 0 Å². The number of aromatic carboxylic acids is 1. The van der Waals surface area contributed by atoms with Crippen molar-refractivity contribution in [2.24, 2.45) is 0 Å². The first kappa shape index (κ1) is 14.4. The maximum absolute atomic E-state index is 13.5. The lowest BCUT2D eigenvalue weighted by atomic mass is 10.1. The fourth-order valence-corrected chi connectivity index (χ4v) is 1.35. The molecule has 0 radical (unpaired) electrons. The number of anilines is 1. The van der Waals surface area contributed by atoms with E-state index in [1.54, 1.807) is 0 Å². The highest BCUT2D eigenvalue weighted by atomic mass is 19.1. The van der Waals surface area contributed by atoms with Gasteiger partial charge in [-0.05, 0) is 12.1 Å². The van der Waals surface area contributed by atoms with Crippen molar-refractivity contribution >= 4 is 17.7 Å². The van der Waals surface area contributed by atoms with Gasteiger partial charge < -0.3 is 15.3 Å². The molecule has 0 saturated carbocycles. The van der Waals surface area contributed by atoms with E-state index in [4.69, 9.17) is 10.4 Å². The Kier molecular flexibility index (Phi) is 4.83. The van der Waals surface area contributed by atoms with Crippen LogP contribution in [0, 0.1) is 17.1 Å². The van der Waals surface area contributed by atoms with E-state index in [9.17, 15) is 14.0 Å². The number of carboxylic acids is 1. The summed E-state index contributed by atoms with van der Waals surface area (Å²) in [4.78, 5) is 23.8. The van der Waals surface area contributed by atoms with Crippen molar-refractivity contribution < 1.29 is 19.1 Å². The average molecular weight is 265 g/mol. The van der Waals surface area contributed by atoms with Gasteiger partial charge in [-0.3, -0.25) is 0 Å². The zero-order chi connectivity index (χ0) is 14.4. The molecule has 0 unspecified atom stereocenters. The first-order chi connectivity index (χ1) is 8.97. The zero-order valence-corrected chi connectivity index (χ0v) is 10.2. The molecule has 1 aromatic rings. The van der Waals surface area contributed by atoms with Crippen LogP contribution in [0.1, 0.15) is 16.8 Å². The van der Waals surface area contributed by atoms with Crippen molar-refractivity contribution in [3.8, 4) is 6.07 Å². The molecule has 2 amide bonds. The fraction of sp³-hybridized carbons (Fsp3) is 0.250. The van der Waals surface area contributed by atoms with E-state index in [1.165, 1.54) is 24.1 Å². The third kappa shape index (κ3) is 3.67. The lowest BCUT2D eigenvalue weighted by molar-refractivity contribution is 0.0697. The summed E-state index contributed by atoms with van der Waals surface area (Å²) in [5.74, 6) is -2.17. The second-order valence-electron chi connectivity index (χ2n) is 3.73. The van der Waals surface area contributed by atoms with Gasteiger partial charge >= 0.3 is 12.0 Å². The molecule has 6 nitrogen and oxygen atoms in total. The monoisotopic (exact) mass is 265 g/mol. The molecule has 0 atom stereocenters. The number of halogens is 1. The first-order valence-corrected chi connectivity index (χ1v) is 5.38. The number of nitriles is 1. The normalized spacial score (nSPS) is 9.53. The maximum atomic E-state index is 13.5. The Morgan fingerprint density at radius 2 is 2.21 bits per heavy atom. The van der Waals surface area contributed by atoms with Crippen molar-refractivity contribution in [3.63, 3.8) is 0 Å². The molecule has 0 bridgehead atoms. The van der Waals surface area contributed by atoms with E-state index in [0.29, 0.717) is 0 Å². The number of rotatable bonds is 4. The molecule has 1 aromatic carbocycles. The van der Waals surface area contributed by atoms with Gasteiger partial charge in [-0.2, -0.15) is 5.26 Å². The quantitative estimate of drug-likeness (QED) is 0.869. The summed E-state index contributed by atoms with van der Waals surface area (Å²) < 4.78 is 13.5. The molecule has 19 heavy (non-hydrogen) atoms. The van der Waals surface area contributed by atoms with Crippen LogP contribution in [0.2, 0.25) is 0 Å². The molecule has 100 valence electrons. The SMILES string of the molecule is CN(CCC#N)C(=O)Nc1c(F)cccc1C(=O)O. The molecule has 0 fully saturated rings. The number of nitrogens with zero attached hydrogens (tertiary/aromatic N) is 2. The van der Waals surface area contributed by atoms with Crippen molar-refractivity contribution in [2.45, 2.75) is 6.42 Å². The van der Waals surface area contributed by atoms with Crippen LogP contribution in [0.25, 0.3) is 0 Å². The van der Waals surface area contributed by atoms with E-state index >= 15 is 0 Å².